The van der Waals surface area contributed by atoms with Crippen LogP contribution < -0.4 is 0 Å². The van der Waals surface area contributed by atoms with E-state index in [0.717, 1.165) is 0 Å². The first-order chi connectivity index (χ1) is 16.9. The topological polar surface area (TPSA) is 129 Å². The summed E-state index contributed by atoms with van der Waals surface area (Å²) >= 11 is 0. The van der Waals surface area contributed by atoms with Gasteiger partial charge in [0.1, 0.15) is 11.6 Å². The predicted molar refractivity (Wildman–Crippen MR) is 137 cm³/mol. The predicted octanol–water partition coefficient (Wildman–Crippen LogP) is 4.13. The minimum absolute atomic E-state index is 0.00871. The number of carbonyl (C=O) groups excluding carboxylic acids is 3. The first-order valence-corrected chi connectivity index (χ1v) is 13.8. The van der Waals surface area contributed by atoms with E-state index >= 15 is 0 Å². The molecule has 2 saturated carbocycles. The largest absolute Gasteiger partial charge is 0.481 e. The molecule has 0 aromatic rings. The zero-order valence-corrected chi connectivity index (χ0v) is 23.4. The number of carboxylic acids is 1. The molecule has 9 atom stereocenters. The fraction of sp³-hybridized carbons (Fsp3) is 0.800. The highest BCUT2D eigenvalue weighted by Crippen LogP contribution is 2.70. The zero-order valence-electron chi connectivity index (χ0n) is 23.4. The standard InChI is InChI=1S/C30H44O7/c1-15(10-17(31)11-16(2)26(36)37)18-12-23(35)30(7)25-19(32)13-21-27(3,4)22(34)8-9-28(21,5)24(25)20(33)14-29(18,30)6/h15-16,18-19,21-22,32,34H,8-14H2,1-7H3,(H,36,37)/t15?,16?,18?,19?,21?,22?,28-,29+,30-/m0/s1. The van der Waals surface area contributed by atoms with Gasteiger partial charge in [0.25, 0.3) is 0 Å². The van der Waals surface area contributed by atoms with E-state index in [1.165, 1.54) is 6.92 Å². The van der Waals surface area contributed by atoms with Gasteiger partial charge in [-0.1, -0.05) is 41.5 Å². The Kier molecular flexibility index (Phi) is 6.72. The van der Waals surface area contributed by atoms with Crippen molar-refractivity contribution in [1.82, 2.24) is 0 Å². The van der Waals surface area contributed by atoms with Crippen LogP contribution in [0.25, 0.3) is 0 Å². The van der Waals surface area contributed by atoms with Crippen LogP contribution in [0.15, 0.2) is 11.1 Å². The number of aliphatic hydroxyl groups is 2. The molecule has 0 heterocycles. The molecule has 0 aromatic carbocycles. The van der Waals surface area contributed by atoms with E-state index in [9.17, 15) is 34.5 Å². The summed E-state index contributed by atoms with van der Waals surface area (Å²) in [5, 5.41) is 31.6. The van der Waals surface area contributed by atoms with Crippen LogP contribution in [0.2, 0.25) is 0 Å². The van der Waals surface area contributed by atoms with Gasteiger partial charge in [0.2, 0.25) is 0 Å². The third-order valence-electron chi connectivity index (χ3n) is 11.6. The molecule has 3 N–H and O–H groups in total. The van der Waals surface area contributed by atoms with E-state index in [-0.39, 0.29) is 60.8 Å². The number of allylic oxidation sites excluding steroid dienone is 1. The molecule has 7 nitrogen and oxygen atoms in total. The molecule has 4 aliphatic carbocycles. The molecule has 4 aliphatic rings. The summed E-state index contributed by atoms with van der Waals surface area (Å²) in [5.74, 6) is -2.45. The van der Waals surface area contributed by atoms with E-state index in [1.54, 1.807) is 0 Å². The summed E-state index contributed by atoms with van der Waals surface area (Å²) in [7, 11) is 0. The van der Waals surface area contributed by atoms with Gasteiger partial charge in [-0.25, -0.2) is 0 Å². The minimum atomic E-state index is -1.01. The Balaban J connectivity index is 1.74. The van der Waals surface area contributed by atoms with E-state index in [1.807, 2.05) is 34.6 Å². The number of fused-ring (bicyclic) bond motifs is 4. The van der Waals surface area contributed by atoms with Crippen LogP contribution in [-0.2, 0) is 19.2 Å². The molecule has 37 heavy (non-hydrogen) atoms. The molecule has 6 unspecified atom stereocenters. The van der Waals surface area contributed by atoms with Crippen molar-refractivity contribution in [3.63, 3.8) is 0 Å². The lowest BCUT2D eigenvalue weighted by molar-refractivity contribution is -0.144. The van der Waals surface area contributed by atoms with Crippen LogP contribution in [-0.4, -0.2) is 50.8 Å². The lowest BCUT2D eigenvalue weighted by Crippen LogP contribution is -2.60. The Bertz CT molecular complexity index is 1070. The number of carbonyl (C=O) groups is 4. The van der Waals surface area contributed by atoms with Crippen LogP contribution in [0.4, 0.5) is 0 Å². The SMILES string of the molecule is CC(CC(=O)CC(C)C1CC(=O)[C@@]2(C)C3=C(C(=O)C[C@]12C)[C@@]1(C)CCC(O)C(C)(C)C1CC3O)C(=O)O. The second-order valence-corrected chi connectivity index (χ2v) is 13.9. The summed E-state index contributed by atoms with van der Waals surface area (Å²) in [6.07, 6.45) is 0.671. The van der Waals surface area contributed by atoms with Crippen LogP contribution >= 0.6 is 0 Å². The van der Waals surface area contributed by atoms with E-state index in [2.05, 4.69) is 6.92 Å². The van der Waals surface area contributed by atoms with Crippen molar-refractivity contribution in [1.29, 1.82) is 0 Å². The van der Waals surface area contributed by atoms with E-state index in [4.69, 9.17) is 0 Å². The van der Waals surface area contributed by atoms with Crippen molar-refractivity contribution in [2.24, 2.45) is 45.3 Å². The average molecular weight is 517 g/mol. The van der Waals surface area contributed by atoms with Gasteiger partial charge in [-0.2, -0.15) is 0 Å². The van der Waals surface area contributed by atoms with Gasteiger partial charge in [0.05, 0.1) is 23.5 Å². The number of aliphatic hydroxyl groups excluding tert-OH is 2. The Morgan fingerprint density at radius 3 is 2.24 bits per heavy atom. The highest BCUT2D eigenvalue weighted by atomic mass is 16.4. The molecule has 0 spiro atoms. The van der Waals surface area contributed by atoms with Gasteiger partial charge < -0.3 is 15.3 Å². The Morgan fingerprint density at radius 2 is 1.65 bits per heavy atom. The van der Waals surface area contributed by atoms with Crippen molar-refractivity contribution in [3.05, 3.63) is 11.1 Å². The number of ketones is 3. The molecule has 0 saturated heterocycles. The Morgan fingerprint density at radius 1 is 1.03 bits per heavy atom. The zero-order chi connectivity index (χ0) is 27.9. The fourth-order valence-corrected chi connectivity index (χ4v) is 9.12. The maximum absolute atomic E-state index is 14.1. The summed E-state index contributed by atoms with van der Waals surface area (Å²) in [6, 6.07) is 0. The molecular weight excluding hydrogens is 472 g/mol. The minimum Gasteiger partial charge on any atom is -0.481 e. The molecule has 2 fully saturated rings. The van der Waals surface area contributed by atoms with E-state index < -0.39 is 45.8 Å². The van der Waals surface area contributed by atoms with Gasteiger partial charge in [-0.3, -0.25) is 19.2 Å². The second kappa shape index (κ2) is 8.84. The summed E-state index contributed by atoms with van der Waals surface area (Å²) < 4.78 is 0. The lowest BCUT2D eigenvalue weighted by atomic mass is 9.42. The monoisotopic (exact) mass is 516 g/mol. The van der Waals surface area contributed by atoms with Gasteiger partial charge >= 0.3 is 5.97 Å². The lowest BCUT2D eigenvalue weighted by Gasteiger charge is -2.61. The van der Waals surface area contributed by atoms with Crippen molar-refractivity contribution >= 4 is 23.3 Å². The number of carboxylic acid groups (broad SMARTS) is 1. The molecule has 206 valence electrons. The number of rotatable bonds is 6. The highest BCUT2D eigenvalue weighted by Gasteiger charge is 2.70. The fourth-order valence-electron chi connectivity index (χ4n) is 9.12. The summed E-state index contributed by atoms with van der Waals surface area (Å²) in [6.45, 7) is 13.4. The van der Waals surface area contributed by atoms with Gasteiger partial charge in [-0.05, 0) is 65.8 Å². The number of hydrogen-bond donors (Lipinski definition) is 3. The number of hydrogen-bond acceptors (Lipinski definition) is 6. The molecule has 0 amide bonds. The molecule has 7 heteroatoms. The quantitative estimate of drug-likeness (QED) is 0.484. The summed E-state index contributed by atoms with van der Waals surface area (Å²) in [4.78, 5) is 51.9. The maximum atomic E-state index is 14.1. The Labute approximate surface area is 220 Å². The van der Waals surface area contributed by atoms with Crippen molar-refractivity contribution in [2.75, 3.05) is 0 Å². The third kappa shape index (κ3) is 3.82. The molecule has 0 radical (unpaired) electrons. The van der Waals surface area contributed by atoms with Crippen molar-refractivity contribution < 1.29 is 34.5 Å². The summed E-state index contributed by atoms with van der Waals surface area (Å²) in [5.41, 5.74) is -1.55. The van der Waals surface area contributed by atoms with Crippen LogP contribution in [0.5, 0.6) is 0 Å². The first-order valence-electron chi connectivity index (χ1n) is 13.8. The van der Waals surface area contributed by atoms with Gasteiger partial charge in [0.15, 0.2) is 5.78 Å². The molecule has 0 bridgehead atoms. The second-order valence-electron chi connectivity index (χ2n) is 13.9. The molecule has 0 aromatic heterocycles. The smallest absolute Gasteiger partial charge is 0.306 e. The van der Waals surface area contributed by atoms with Crippen LogP contribution in [0.3, 0.4) is 0 Å². The maximum Gasteiger partial charge on any atom is 0.306 e. The normalized spacial score (nSPS) is 42.5. The highest BCUT2D eigenvalue weighted by molar-refractivity contribution is 6.05. The number of aliphatic carboxylic acids is 1. The first kappa shape index (κ1) is 28.2. The van der Waals surface area contributed by atoms with Crippen LogP contribution in [0.1, 0.15) is 93.4 Å². The van der Waals surface area contributed by atoms with Crippen molar-refractivity contribution in [3.8, 4) is 0 Å². The molecule has 4 rings (SSSR count). The van der Waals surface area contributed by atoms with Gasteiger partial charge in [-0.15, -0.1) is 0 Å². The van der Waals surface area contributed by atoms with Crippen LogP contribution in [0, 0.1) is 45.3 Å². The molecule has 0 aliphatic heterocycles. The third-order valence-corrected chi connectivity index (χ3v) is 11.6. The van der Waals surface area contributed by atoms with Gasteiger partial charge in [0, 0.05) is 31.3 Å². The Hall–Kier alpha value is -1.86. The van der Waals surface area contributed by atoms with E-state index in [0.29, 0.717) is 30.4 Å². The molecular formula is C30H44O7. The average Bonchev–Trinajstić information content (AvgIpc) is 2.99. The number of Topliss-reactive ketones (excluding diaryl/α,β-unsaturated/α-hetero) is 3. The van der Waals surface area contributed by atoms with Crippen molar-refractivity contribution in [2.45, 2.75) is 106 Å².